The van der Waals surface area contributed by atoms with Crippen LogP contribution in [0, 0.1) is 0 Å². The van der Waals surface area contributed by atoms with Crippen LogP contribution in [0.15, 0.2) is 194 Å². The molecule has 3 aromatic heterocycles. The Kier molecular flexibility index (Phi) is 6.76. The summed E-state index contributed by atoms with van der Waals surface area (Å²) in [6.07, 6.45) is 0. The lowest BCUT2D eigenvalue weighted by molar-refractivity contribution is 1.18. The van der Waals surface area contributed by atoms with Crippen molar-refractivity contribution in [3.63, 3.8) is 0 Å². The molecule has 0 bridgehead atoms. The van der Waals surface area contributed by atoms with E-state index < -0.39 is 0 Å². The first-order chi connectivity index (χ1) is 26.3. The quantitative estimate of drug-likeness (QED) is 0.170. The van der Waals surface area contributed by atoms with Crippen molar-refractivity contribution in [2.45, 2.75) is 0 Å². The van der Waals surface area contributed by atoms with Crippen LogP contribution in [0.2, 0.25) is 0 Å². The van der Waals surface area contributed by atoms with E-state index in [2.05, 4.69) is 203 Å². The molecule has 0 saturated carbocycles. The van der Waals surface area contributed by atoms with Crippen molar-refractivity contribution in [3.8, 4) is 44.8 Å². The number of fused-ring (bicyclic) bond motifs is 8. The Morgan fingerprint density at radius 1 is 0.302 bits per heavy atom. The Labute approximate surface area is 311 Å². The Balaban J connectivity index is 1.05. The molecule has 3 heteroatoms. The molecule has 53 heavy (non-hydrogen) atoms. The first-order valence-electron chi connectivity index (χ1n) is 18.1. The molecule has 248 valence electrons. The van der Waals surface area contributed by atoms with Crippen LogP contribution < -0.4 is 0 Å². The summed E-state index contributed by atoms with van der Waals surface area (Å²) in [4.78, 5) is 0. The predicted octanol–water partition coefficient (Wildman–Crippen LogP) is 14.1. The molecule has 11 aromatic rings. The second-order valence-corrected chi connectivity index (χ2v) is 14.8. The highest BCUT2D eigenvalue weighted by Crippen LogP contribution is 2.43. The average molecular weight is 693 g/mol. The van der Waals surface area contributed by atoms with Gasteiger partial charge in [-0.15, -0.1) is 11.3 Å². The minimum atomic E-state index is 1.15. The number of aromatic nitrogens is 2. The van der Waals surface area contributed by atoms with E-state index in [9.17, 15) is 0 Å². The van der Waals surface area contributed by atoms with Crippen LogP contribution in [0.25, 0.3) is 97.8 Å². The smallest absolute Gasteiger partial charge is 0.0727 e. The first-order valence-corrected chi connectivity index (χ1v) is 18.9. The Bertz CT molecular complexity index is 3040. The van der Waals surface area contributed by atoms with Crippen LogP contribution in [0.3, 0.4) is 0 Å². The molecule has 0 aliphatic rings. The van der Waals surface area contributed by atoms with Crippen LogP contribution in [-0.2, 0) is 0 Å². The molecule has 2 nitrogen and oxygen atoms in total. The predicted molar refractivity (Wildman–Crippen MR) is 227 cm³/mol. The molecule has 0 fully saturated rings. The van der Waals surface area contributed by atoms with Crippen molar-refractivity contribution in [1.29, 1.82) is 0 Å². The van der Waals surface area contributed by atoms with Gasteiger partial charge in [-0.05, 0) is 94.0 Å². The largest absolute Gasteiger partial charge is 0.309 e. The molecule has 11 rings (SSSR count). The summed E-state index contributed by atoms with van der Waals surface area (Å²) in [6, 6.07) is 70.8. The maximum atomic E-state index is 2.44. The molecule has 0 atom stereocenters. The number of rotatable bonds is 5. The highest BCUT2D eigenvalue weighted by atomic mass is 32.1. The lowest BCUT2D eigenvalue weighted by Crippen LogP contribution is -1.95. The van der Waals surface area contributed by atoms with Gasteiger partial charge in [0.25, 0.3) is 0 Å². The third-order valence-corrected chi connectivity index (χ3v) is 11.9. The van der Waals surface area contributed by atoms with Crippen molar-refractivity contribution in [2.24, 2.45) is 0 Å². The van der Waals surface area contributed by atoms with Gasteiger partial charge in [0.2, 0.25) is 0 Å². The van der Waals surface area contributed by atoms with Gasteiger partial charge in [0.15, 0.2) is 0 Å². The molecule has 0 amide bonds. The van der Waals surface area contributed by atoms with Gasteiger partial charge in [-0.2, -0.15) is 0 Å². The first kappa shape index (κ1) is 30.0. The summed E-state index contributed by atoms with van der Waals surface area (Å²) in [5.74, 6) is 0. The van der Waals surface area contributed by atoms with Crippen molar-refractivity contribution >= 4 is 64.3 Å². The molecule has 0 unspecified atom stereocenters. The van der Waals surface area contributed by atoms with E-state index in [1.807, 2.05) is 11.3 Å². The van der Waals surface area contributed by atoms with E-state index in [-0.39, 0.29) is 0 Å². The van der Waals surface area contributed by atoms with Gasteiger partial charge in [-0.1, -0.05) is 133 Å². The molecule has 3 heterocycles. The van der Waals surface area contributed by atoms with Gasteiger partial charge in [-0.25, -0.2) is 0 Å². The molecule has 8 aromatic carbocycles. The second kappa shape index (κ2) is 11.9. The molecular formula is C50H32N2S. The zero-order valence-electron chi connectivity index (χ0n) is 28.8. The van der Waals surface area contributed by atoms with Gasteiger partial charge in [-0.3, -0.25) is 0 Å². The summed E-state index contributed by atoms with van der Waals surface area (Å²) in [5.41, 5.74) is 14.5. The summed E-state index contributed by atoms with van der Waals surface area (Å²) in [5, 5.41) is 5.11. The van der Waals surface area contributed by atoms with E-state index in [1.165, 1.54) is 92.1 Å². The van der Waals surface area contributed by atoms with Gasteiger partial charge in [0.1, 0.15) is 0 Å². The average Bonchev–Trinajstić information content (AvgIpc) is 3.88. The van der Waals surface area contributed by atoms with Crippen LogP contribution >= 0.6 is 11.3 Å². The summed E-state index contributed by atoms with van der Waals surface area (Å²) in [7, 11) is 0. The van der Waals surface area contributed by atoms with E-state index >= 15 is 0 Å². The fourth-order valence-corrected chi connectivity index (χ4v) is 9.46. The topological polar surface area (TPSA) is 9.86 Å². The molecule has 0 saturated heterocycles. The maximum Gasteiger partial charge on any atom is 0.0727 e. The zero-order valence-corrected chi connectivity index (χ0v) is 29.6. The molecule has 0 N–H and O–H groups in total. The summed E-state index contributed by atoms with van der Waals surface area (Å²) in [6.45, 7) is 0. The van der Waals surface area contributed by atoms with E-state index in [4.69, 9.17) is 0 Å². The lowest BCUT2D eigenvalue weighted by Gasteiger charge is -2.12. The standard InChI is InChI=1S/C50H32N2S/c1-3-12-33(13-4-1)37-24-28-46-43(31-37)44-32-38(34-14-5-2-6-15-34)25-29-47(44)51(46)40-17-11-16-36(30-40)35-22-26-39(27-23-35)52-45-20-9-7-18-41(45)50-49(52)42-19-8-10-21-48(42)53-50/h1-32H. The molecular weight excluding hydrogens is 661 g/mol. The van der Waals surface area contributed by atoms with Crippen LogP contribution in [-0.4, -0.2) is 9.13 Å². The number of benzene rings is 8. The maximum absolute atomic E-state index is 2.44. The number of thiophene rings is 1. The molecule has 0 aliphatic carbocycles. The van der Waals surface area contributed by atoms with Crippen LogP contribution in [0.4, 0.5) is 0 Å². The van der Waals surface area contributed by atoms with Gasteiger partial charge in [0.05, 0.1) is 26.8 Å². The number of hydrogen-bond donors (Lipinski definition) is 0. The molecule has 0 radical (unpaired) electrons. The fourth-order valence-electron chi connectivity index (χ4n) is 8.23. The molecule has 0 spiro atoms. The second-order valence-electron chi connectivity index (χ2n) is 13.8. The number of para-hydroxylation sites is 1. The van der Waals surface area contributed by atoms with E-state index in [0.29, 0.717) is 0 Å². The van der Waals surface area contributed by atoms with Crippen molar-refractivity contribution in [2.75, 3.05) is 0 Å². The summed E-state index contributed by atoms with van der Waals surface area (Å²) >= 11 is 1.88. The van der Waals surface area contributed by atoms with Crippen molar-refractivity contribution < 1.29 is 0 Å². The van der Waals surface area contributed by atoms with Crippen LogP contribution in [0.1, 0.15) is 0 Å². The third-order valence-electron chi connectivity index (χ3n) is 10.7. The number of nitrogens with zero attached hydrogens (tertiary/aromatic N) is 2. The minimum absolute atomic E-state index is 1.15. The highest BCUT2D eigenvalue weighted by Gasteiger charge is 2.18. The number of hydrogen-bond acceptors (Lipinski definition) is 1. The van der Waals surface area contributed by atoms with Crippen molar-refractivity contribution in [1.82, 2.24) is 9.13 Å². The van der Waals surface area contributed by atoms with Gasteiger partial charge in [0, 0.05) is 37.6 Å². The fraction of sp³-hybridized carbons (Fsp3) is 0. The van der Waals surface area contributed by atoms with E-state index in [0.717, 1.165) is 5.69 Å². The Morgan fingerprint density at radius 3 is 1.49 bits per heavy atom. The summed E-state index contributed by atoms with van der Waals surface area (Å²) < 4.78 is 7.53. The Hall–Kier alpha value is -6.68. The zero-order chi connectivity index (χ0) is 34.9. The normalized spacial score (nSPS) is 11.8. The van der Waals surface area contributed by atoms with Gasteiger partial charge >= 0.3 is 0 Å². The minimum Gasteiger partial charge on any atom is -0.309 e. The van der Waals surface area contributed by atoms with Crippen LogP contribution in [0.5, 0.6) is 0 Å². The van der Waals surface area contributed by atoms with Crippen molar-refractivity contribution in [3.05, 3.63) is 194 Å². The van der Waals surface area contributed by atoms with Gasteiger partial charge < -0.3 is 9.13 Å². The monoisotopic (exact) mass is 692 g/mol. The van der Waals surface area contributed by atoms with E-state index in [1.54, 1.807) is 0 Å². The SMILES string of the molecule is c1ccc(-c2ccc3c(c2)c2cc(-c4ccccc4)ccc2n3-c2cccc(-c3ccc(-n4c5ccccc5c5sc6ccccc6c54)cc3)c2)cc1. The lowest BCUT2D eigenvalue weighted by atomic mass is 10.0. The highest BCUT2D eigenvalue weighted by molar-refractivity contribution is 7.26. The Morgan fingerprint density at radius 2 is 0.811 bits per heavy atom. The third kappa shape index (κ3) is 4.78. The molecule has 0 aliphatic heterocycles.